The molecule has 0 amide bonds. The van der Waals surface area contributed by atoms with Crippen LogP contribution < -0.4 is 0 Å². The molecule has 0 saturated heterocycles. The fourth-order valence-electron chi connectivity index (χ4n) is 4.47. The van der Waals surface area contributed by atoms with Gasteiger partial charge in [0, 0.05) is 0 Å². The molecule has 7 heteroatoms. The van der Waals surface area contributed by atoms with Gasteiger partial charge < -0.3 is 0 Å². The summed E-state index contributed by atoms with van der Waals surface area (Å²) in [6.07, 6.45) is 10.6. The van der Waals surface area contributed by atoms with Crippen molar-refractivity contribution in [3.8, 4) is 0 Å². The summed E-state index contributed by atoms with van der Waals surface area (Å²) in [4.78, 5) is 0. The van der Waals surface area contributed by atoms with Gasteiger partial charge in [0.1, 0.15) is 0 Å². The van der Waals surface area contributed by atoms with Crippen molar-refractivity contribution in [2.24, 2.45) is 0 Å². The Bertz CT molecular complexity index is 1140. The Kier molecular flexibility index (Phi) is 15.6. The SMILES string of the molecule is [Se]=P(CCc1ccccc1)(CCc1ccccc1)[Se][Ba][Se]P(=[Se])(CCc1ccccc1)CCc1ccccc1. The Morgan fingerprint density at radius 2 is 0.641 bits per heavy atom. The van der Waals surface area contributed by atoms with E-state index in [2.05, 4.69) is 152 Å². The van der Waals surface area contributed by atoms with E-state index in [1.807, 2.05) is 0 Å². The normalized spacial score (nSPS) is 11.7. The van der Waals surface area contributed by atoms with Crippen molar-refractivity contribution in [1.82, 2.24) is 0 Å². The number of hydrogen-bond acceptors (Lipinski definition) is 0. The molecule has 0 saturated carbocycles. The molecule has 0 N–H and O–H groups in total. The third kappa shape index (κ3) is 12.9. The molecule has 0 bridgehead atoms. The van der Waals surface area contributed by atoms with Crippen LogP contribution in [0.3, 0.4) is 0 Å². The minimum absolute atomic E-state index is 0.922. The zero-order valence-corrected chi connectivity index (χ0v) is 35.5. The van der Waals surface area contributed by atoms with Gasteiger partial charge in [-0.3, -0.25) is 0 Å². The molecular formula is C32H36BaP2Se4. The Balaban J connectivity index is 1.41. The molecule has 0 atom stereocenters. The summed E-state index contributed by atoms with van der Waals surface area (Å²) < 4.78 is -1.97. The van der Waals surface area contributed by atoms with Crippen LogP contribution in [0.15, 0.2) is 121 Å². The summed E-state index contributed by atoms with van der Waals surface area (Å²) in [5.41, 5.74) is 7.92. The second kappa shape index (κ2) is 18.3. The average Bonchev–Trinajstić information content (AvgIpc) is 2.99. The molecule has 4 aromatic rings. The summed E-state index contributed by atoms with van der Waals surface area (Å²) in [6.45, 7) is 0. The van der Waals surface area contributed by atoms with Gasteiger partial charge in [0.25, 0.3) is 0 Å². The van der Waals surface area contributed by atoms with Gasteiger partial charge in [0.2, 0.25) is 0 Å². The van der Waals surface area contributed by atoms with Crippen molar-refractivity contribution in [2.45, 2.75) is 25.7 Å². The molecule has 4 aromatic carbocycles. The van der Waals surface area contributed by atoms with E-state index in [4.69, 9.17) is 0 Å². The van der Waals surface area contributed by atoms with Crippen LogP contribution in [0.1, 0.15) is 22.3 Å². The van der Waals surface area contributed by atoms with E-state index in [0.717, 1.165) is 11.5 Å². The third-order valence-electron chi connectivity index (χ3n) is 6.91. The van der Waals surface area contributed by atoms with Crippen LogP contribution in [0.5, 0.6) is 0 Å². The molecule has 39 heavy (non-hydrogen) atoms. The van der Waals surface area contributed by atoms with Crippen LogP contribution in [0.25, 0.3) is 0 Å². The number of hydrogen-bond donors (Lipinski definition) is 0. The predicted octanol–water partition coefficient (Wildman–Crippen LogP) is 6.93. The van der Waals surface area contributed by atoms with E-state index < -0.39 is 45.7 Å². The maximum atomic E-state index is 3.94. The zero-order chi connectivity index (χ0) is 27.2. The molecule has 0 nitrogen and oxygen atoms in total. The third-order valence-corrected chi connectivity index (χ3v) is 185. The predicted molar refractivity (Wildman–Crippen MR) is 183 cm³/mol. The Labute approximate surface area is 276 Å². The van der Waals surface area contributed by atoms with Crippen LogP contribution in [-0.4, -0.2) is 104 Å². The Hall–Kier alpha value is 1.39. The molecule has 0 unspecified atom stereocenters. The van der Waals surface area contributed by atoms with E-state index in [9.17, 15) is 0 Å². The van der Waals surface area contributed by atoms with E-state index >= 15 is 0 Å². The maximum absolute atomic E-state index is 3.94. The van der Waals surface area contributed by atoms with Crippen LogP contribution in [-0.2, 0) is 25.7 Å². The van der Waals surface area contributed by atoms with Gasteiger partial charge in [0.05, 0.1) is 0 Å². The van der Waals surface area contributed by atoms with Crippen molar-refractivity contribution < 1.29 is 0 Å². The van der Waals surface area contributed by atoms with Crippen molar-refractivity contribution >= 4 is 87.3 Å². The van der Waals surface area contributed by atoms with E-state index in [-0.39, 0.29) is 0 Å². The first-order valence-electron chi connectivity index (χ1n) is 13.6. The van der Waals surface area contributed by atoms with Crippen LogP contribution in [0.4, 0.5) is 0 Å². The monoisotopic (exact) mass is 940 g/mol. The standard InChI is InChI=1S/2C16H19PSe2.Ba/c2*18-17(19,13-11-15-7-3-1-4-8-15)14-12-16-9-5-2-6-10-16;/h2*1-10H,11-14H2,(H,18,19);/q;;+2/p-2. The van der Waals surface area contributed by atoms with E-state index in [1.54, 1.807) is 0 Å². The molecule has 0 spiro atoms. The fraction of sp³-hybridized carbons (Fsp3) is 0.250. The first-order chi connectivity index (χ1) is 19.0. The molecule has 200 valence electrons. The molecule has 0 aromatic heterocycles. The second-order valence-electron chi connectivity index (χ2n) is 9.84. The number of benzene rings is 4. The van der Waals surface area contributed by atoms with Gasteiger partial charge in [-0.15, -0.1) is 0 Å². The molecule has 0 aliphatic carbocycles. The quantitative estimate of drug-likeness (QED) is 0.0846. The van der Waals surface area contributed by atoms with Crippen molar-refractivity contribution in [3.63, 3.8) is 0 Å². The van der Waals surface area contributed by atoms with Gasteiger partial charge in [-0.25, -0.2) is 0 Å². The zero-order valence-electron chi connectivity index (χ0n) is 22.4. The summed E-state index contributed by atoms with van der Waals surface area (Å²) in [5.74, 6) is 0. The molecule has 0 fully saturated rings. The van der Waals surface area contributed by atoms with Crippen molar-refractivity contribution in [2.75, 3.05) is 24.6 Å². The molecule has 4 rings (SSSR count). The second-order valence-corrected chi connectivity index (χ2v) is 91.6. The summed E-state index contributed by atoms with van der Waals surface area (Å²) in [5, 5.41) is 0. The Morgan fingerprint density at radius 1 is 0.410 bits per heavy atom. The van der Waals surface area contributed by atoms with Gasteiger partial charge in [0.15, 0.2) is 0 Å². The molecule has 0 radical (unpaired) electrons. The molecule has 0 aliphatic rings. The van der Waals surface area contributed by atoms with Crippen LogP contribution in [0.2, 0.25) is 0 Å². The first-order valence-corrected chi connectivity index (χ1v) is 48.1. The topological polar surface area (TPSA) is 0 Å². The summed E-state index contributed by atoms with van der Waals surface area (Å²) in [6, 6.07) is 44.9. The minimum atomic E-state index is -0.985. The van der Waals surface area contributed by atoms with E-state index in [1.165, 1.54) is 72.6 Å². The van der Waals surface area contributed by atoms with Crippen molar-refractivity contribution in [1.29, 1.82) is 0 Å². The van der Waals surface area contributed by atoms with Gasteiger partial charge in [-0.1, -0.05) is 0 Å². The average molecular weight is 936 g/mol. The summed E-state index contributed by atoms with van der Waals surface area (Å²) >= 11 is 6.94. The number of aryl methyl sites for hydroxylation is 4. The van der Waals surface area contributed by atoms with Crippen molar-refractivity contribution in [3.05, 3.63) is 144 Å². The van der Waals surface area contributed by atoms with Crippen LogP contribution >= 0.6 is 8.40 Å². The van der Waals surface area contributed by atoms with E-state index in [0.29, 0.717) is 0 Å². The van der Waals surface area contributed by atoms with Crippen LogP contribution in [0, 0.1) is 0 Å². The van der Waals surface area contributed by atoms with Gasteiger partial charge >= 0.3 is 281 Å². The Morgan fingerprint density at radius 3 is 0.872 bits per heavy atom. The molecular weight excluding hydrogens is 899 g/mol. The fourth-order valence-corrected chi connectivity index (χ4v) is 302. The number of rotatable bonds is 16. The molecule has 0 aliphatic heterocycles. The first kappa shape index (κ1) is 33.3. The van der Waals surface area contributed by atoms with Gasteiger partial charge in [-0.2, -0.15) is 0 Å². The molecule has 0 heterocycles. The van der Waals surface area contributed by atoms with Gasteiger partial charge in [-0.05, 0) is 0 Å². The summed E-state index contributed by atoms with van der Waals surface area (Å²) in [7, 11) is 0.